The average molecular weight is 429 g/mol. The summed E-state index contributed by atoms with van der Waals surface area (Å²) in [6.45, 7) is 11.7. The maximum absolute atomic E-state index is 12.1. The standard InChI is InChI=1S/C20H31NO9/c1-7-15(23)29-12-20(6,13-30-16(24)8-2)21-18(26)28-11-14(22)10-27-17(25)19(4,5)9-3/h7-8,14,22H,1-2,9-13H2,3-6H3,(H,21,26). The molecule has 0 aliphatic heterocycles. The smallest absolute Gasteiger partial charge is 0.407 e. The molecule has 0 aromatic rings. The van der Waals surface area contributed by atoms with Gasteiger partial charge in [-0.2, -0.15) is 0 Å². The zero-order valence-corrected chi connectivity index (χ0v) is 17.9. The van der Waals surface area contributed by atoms with Gasteiger partial charge in [0.2, 0.25) is 0 Å². The zero-order valence-electron chi connectivity index (χ0n) is 17.9. The second kappa shape index (κ2) is 12.6. The average Bonchev–Trinajstić information content (AvgIpc) is 2.72. The molecular formula is C20H31NO9. The van der Waals surface area contributed by atoms with Crippen LogP contribution in [0.15, 0.2) is 25.3 Å². The Morgan fingerprint density at radius 2 is 1.40 bits per heavy atom. The summed E-state index contributed by atoms with van der Waals surface area (Å²) in [4.78, 5) is 46.5. The lowest BCUT2D eigenvalue weighted by Gasteiger charge is -2.29. The molecule has 0 aliphatic carbocycles. The number of nitrogens with one attached hydrogen (secondary N) is 1. The van der Waals surface area contributed by atoms with Crippen LogP contribution >= 0.6 is 0 Å². The van der Waals surface area contributed by atoms with E-state index in [1.807, 2.05) is 6.92 Å². The molecule has 0 heterocycles. The predicted octanol–water partition coefficient (Wildman–Crippen LogP) is 1.27. The highest BCUT2D eigenvalue weighted by atomic mass is 16.6. The molecule has 0 aromatic carbocycles. The Bertz CT molecular complexity index is 618. The van der Waals surface area contributed by atoms with E-state index < -0.39 is 47.7 Å². The van der Waals surface area contributed by atoms with Crippen LogP contribution in [0.5, 0.6) is 0 Å². The van der Waals surface area contributed by atoms with E-state index in [-0.39, 0.29) is 19.8 Å². The van der Waals surface area contributed by atoms with Gasteiger partial charge in [0.25, 0.3) is 0 Å². The van der Waals surface area contributed by atoms with Gasteiger partial charge in [0.05, 0.1) is 5.41 Å². The third-order valence-electron chi connectivity index (χ3n) is 4.05. The van der Waals surface area contributed by atoms with Crippen molar-refractivity contribution in [1.29, 1.82) is 0 Å². The molecule has 0 fully saturated rings. The number of rotatable bonds is 13. The molecule has 0 spiro atoms. The highest BCUT2D eigenvalue weighted by molar-refractivity contribution is 5.82. The van der Waals surface area contributed by atoms with Gasteiger partial charge < -0.3 is 29.4 Å². The maximum Gasteiger partial charge on any atom is 0.407 e. The van der Waals surface area contributed by atoms with Gasteiger partial charge in [-0.25, -0.2) is 14.4 Å². The van der Waals surface area contributed by atoms with Crippen molar-refractivity contribution < 1.29 is 43.2 Å². The Morgan fingerprint density at radius 3 is 1.83 bits per heavy atom. The Labute approximate surface area is 176 Å². The number of carbonyl (C=O) groups excluding carboxylic acids is 4. The monoisotopic (exact) mass is 429 g/mol. The molecule has 170 valence electrons. The van der Waals surface area contributed by atoms with Crippen molar-refractivity contribution in [3.8, 4) is 0 Å². The SMILES string of the molecule is C=CC(=O)OCC(C)(COC(=O)C=C)NC(=O)OCC(O)COC(=O)C(C)(C)CC. The first-order valence-electron chi connectivity index (χ1n) is 9.27. The van der Waals surface area contributed by atoms with E-state index in [4.69, 9.17) is 18.9 Å². The molecule has 30 heavy (non-hydrogen) atoms. The van der Waals surface area contributed by atoms with E-state index in [1.54, 1.807) is 13.8 Å². The Balaban J connectivity index is 4.69. The van der Waals surface area contributed by atoms with E-state index in [1.165, 1.54) is 6.92 Å². The quantitative estimate of drug-likeness (QED) is 0.252. The van der Waals surface area contributed by atoms with Crippen LogP contribution in [0.3, 0.4) is 0 Å². The minimum Gasteiger partial charge on any atom is -0.462 e. The van der Waals surface area contributed by atoms with Gasteiger partial charge in [0.15, 0.2) is 0 Å². The van der Waals surface area contributed by atoms with E-state index in [0.29, 0.717) is 6.42 Å². The van der Waals surface area contributed by atoms with Crippen molar-refractivity contribution in [2.75, 3.05) is 26.4 Å². The number of amides is 1. The summed E-state index contributed by atoms with van der Waals surface area (Å²) in [5, 5.41) is 12.3. The molecule has 2 N–H and O–H groups in total. The van der Waals surface area contributed by atoms with Crippen LogP contribution < -0.4 is 5.32 Å². The van der Waals surface area contributed by atoms with Gasteiger partial charge >= 0.3 is 24.0 Å². The molecule has 10 heteroatoms. The van der Waals surface area contributed by atoms with Gasteiger partial charge in [0.1, 0.15) is 38.1 Å². The molecule has 0 aromatic heterocycles. The molecule has 10 nitrogen and oxygen atoms in total. The maximum atomic E-state index is 12.1. The fourth-order valence-corrected chi connectivity index (χ4v) is 1.71. The van der Waals surface area contributed by atoms with Gasteiger partial charge in [-0.15, -0.1) is 0 Å². The summed E-state index contributed by atoms with van der Waals surface area (Å²) in [5.74, 6) is -1.95. The number of hydrogen-bond acceptors (Lipinski definition) is 9. The van der Waals surface area contributed by atoms with Crippen LogP contribution in [-0.4, -0.2) is 67.2 Å². The normalized spacial score (nSPS) is 12.2. The highest BCUT2D eigenvalue weighted by Gasteiger charge is 2.31. The number of alkyl carbamates (subject to hydrolysis) is 1. The van der Waals surface area contributed by atoms with E-state index in [9.17, 15) is 24.3 Å². The summed E-state index contributed by atoms with van der Waals surface area (Å²) >= 11 is 0. The van der Waals surface area contributed by atoms with Crippen LogP contribution in [-0.2, 0) is 33.3 Å². The lowest BCUT2D eigenvalue weighted by atomic mass is 9.91. The molecule has 1 atom stereocenters. The number of aliphatic hydroxyl groups is 1. The second-order valence-corrected chi connectivity index (χ2v) is 7.40. The van der Waals surface area contributed by atoms with Crippen molar-refractivity contribution in [2.45, 2.75) is 45.8 Å². The second-order valence-electron chi connectivity index (χ2n) is 7.40. The molecule has 1 amide bonds. The van der Waals surface area contributed by atoms with Crippen molar-refractivity contribution in [2.24, 2.45) is 5.41 Å². The minimum atomic E-state index is -1.32. The topological polar surface area (TPSA) is 137 Å². The Kier molecular flexibility index (Phi) is 11.4. The summed E-state index contributed by atoms with van der Waals surface area (Å²) in [5.41, 5.74) is -2.01. The van der Waals surface area contributed by atoms with Crippen LogP contribution in [0.1, 0.15) is 34.1 Å². The molecule has 1 unspecified atom stereocenters. The van der Waals surface area contributed by atoms with Crippen molar-refractivity contribution in [3.05, 3.63) is 25.3 Å². The number of esters is 3. The molecule has 0 rings (SSSR count). The van der Waals surface area contributed by atoms with Crippen molar-refractivity contribution >= 4 is 24.0 Å². The van der Waals surface area contributed by atoms with E-state index in [2.05, 4.69) is 18.5 Å². The van der Waals surface area contributed by atoms with Gasteiger partial charge in [0, 0.05) is 12.2 Å². The molecule has 0 radical (unpaired) electrons. The van der Waals surface area contributed by atoms with Crippen LogP contribution in [0.25, 0.3) is 0 Å². The zero-order chi connectivity index (χ0) is 23.4. The predicted molar refractivity (Wildman–Crippen MR) is 106 cm³/mol. The highest BCUT2D eigenvalue weighted by Crippen LogP contribution is 2.21. The molecule has 0 saturated heterocycles. The minimum absolute atomic E-state index is 0.344. The third-order valence-corrected chi connectivity index (χ3v) is 4.05. The summed E-state index contributed by atoms with van der Waals surface area (Å²) < 4.78 is 19.7. The van der Waals surface area contributed by atoms with Crippen LogP contribution in [0.2, 0.25) is 0 Å². The fraction of sp³-hybridized carbons (Fsp3) is 0.600. The van der Waals surface area contributed by atoms with E-state index >= 15 is 0 Å². The first-order valence-corrected chi connectivity index (χ1v) is 9.27. The van der Waals surface area contributed by atoms with Gasteiger partial charge in [-0.1, -0.05) is 20.1 Å². The van der Waals surface area contributed by atoms with Crippen LogP contribution in [0, 0.1) is 5.41 Å². The first-order chi connectivity index (χ1) is 13.9. The van der Waals surface area contributed by atoms with Crippen molar-refractivity contribution in [1.82, 2.24) is 5.32 Å². The first kappa shape index (κ1) is 27.1. The Morgan fingerprint density at radius 1 is 0.933 bits per heavy atom. The largest absolute Gasteiger partial charge is 0.462 e. The summed E-state index contributed by atoms with van der Waals surface area (Å²) in [7, 11) is 0. The molecule has 0 bridgehead atoms. The number of ether oxygens (including phenoxy) is 4. The molecule has 0 saturated carbocycles. The lowest BCUT2D eigenvalue weighted by molar-refractivity contribution is -0.158. The number of hydrogen-bond donors (Lipinski definition) is 2. The van der Waals surface area contributed by atoms with Gasteiger partial charge in [-0.3, -0.25) is 4.79 Å². The number of carbonyl (C=O) groups is 4. The molecule has 0 aliphatic rings. The summed E-state index contributed by atoms with van der Waals surface area (Å²) in [6, 6.07) is 0. The lowest BCUT2D eigenvalue weighted by Crippen LogP contribution is -2.54. The fourth-order valence-electron chi connectivity index (χ4n) is 1.71. The van der Waals surface area contributed by atoms with E-state index in [0.717, 1.165) is 12.2 Å². The Hall–Kier alpha value is -2.88. The number of aliphatic hydroxyl groups excluding tert-OH is 1. The summed E-state index contributed by atoms with van der Waals surface area (Å²) in [6.07, 6.45) is 0.223. The molecular weight excluding hydrogens is 398 g/mol. The van der Waals surface area contributed by atoms with Crippen LogP contribution in [0.4, 0.5) is 4.79 Å². The van der Waals surface area contributed by atoms with Gasteiger partial charge in [-0.05, 0) is 27.2 Å². The third kappa shape index (κ3) is 10.6. The van der Waals surface area contributed by atoms with Crippen molar-refractivity contribution in [3.63, 3.8) is 0 Å².